The van der Waals surface area contributed by atoms with Gasteiger partial charge in [-0.05, 0) is 29.7 Å². The first-order chi connectivity index (χ1) is 12.1. The maximum absolute atomic E-state index is 12.2. The third-order valence-corrected chi connectivity index (χ3v) is 5.68. The van der Waals surface area contributed by atoms with Gasteiger partial charge in [-0.1, -0.05) is 54.1 Å². The van der Waals surface area contributed by atoms with Crippen molar-refractivity contribution >= 4 is 29.3 Å². The lowest BCUT2D eigenvalue weighted by molar-refractivity contribution is -0.120. The number of allylic oxidation sites excluding steroid dienone is 1. The average molecular weight is 369 g/mol. The van der Waals surface area contributed by atoms with Crippen molar-refractivity contribution in [3.05, 3.63) is 80.8 Å². The smallest absolute Gasteiger partial charge is 0.225 e. The maximum Gasteiger partial charge on any atom is 0.225 e. The Morgan fingerprint density at radius 2 is 1.96 bits per heavy atom. The van der Waals surface area contributed by atoms with Gasteiger partial charge < -0.3 is 5.32 Å². The fourth-order valence-corrected chi connectivity index (χ4v) is 4.30. The molecule has 1 N–H and O–H groups in total. The zero-order chi connectivity index (χ0) is 17.8. The lowest BCUT2D eigenvalue weighted by Gasteiger charge is -2.26. The second-order valence-corrected chi connectivity index (χ2v) is 7.29. The standard InChI is InChI=1S/C20H17ClN2OS/c1-13-6-2-4-8-15(13)16-10-19(24)23-20(17(16)11-22)25-12-14-7-3-5-9-18(14)21/h2-9,16H,10,12H2,1H3,(H,23,24). The number of hydrogen-bond acceptors (Lipinski definition) is 3. The molecule has 1 amide bonds. The van der Waals surface area contributed by atoms with Crippen LogP contribution in [0.5, 0.6) is 0 Å². The summed E-state index contributed by atoms with van der Waals surface area (Å²) in [7, 11) is 0. The number of rotatable bonds is 4. The molecule has 0 radical (unpaired) electrons. The molecule has 2 aromatic rings. The molecule has 3 rings (SSSR count). The second kappa shape index (κ2) is 7.77. The van der Waals surface area contributed by atoms with E-state index in [1.165, 1.54) is 11.8 Å². The minimum atomic E-state index is -0.200. The highest BCUT2D eigenvalue weighted by Gasteiger charge is 2.30. The largest absolute Gasteiger partial charge is 0.320 e. The molecule has 0 aromatic heterocycles. The normalized spacial score (nSPS) is 17.2. The van der Waals surface area contributed by atoms with E-state index in [4.69, 9.17) is 11.6 Å². The molecule has 1 aliphatic heterocycles. The Balaban J connectivity index is 1.92. The number of carbonyl (C=O) groups excluding carboxylic acids is 1. The number of carbonyl (C=O) groups is 1. The van der Waals surface area contributed by atoms with Crippen molar-refractivity contribution in [1.82, 2.24) is 5.32 Å². The van der Waals surface area contributed by atoms with Crippen molar-refractivity contribution in [2.24, 2.45) is 0 Å². The lowest BCUT2D eigenvalue weighted by Crippen LogP contribution is -2.31. The third-order valence-electron chi connectivity index (χ3n) is 4.25. The third kappa shape index (κ3) is 3.89. The number of aryl methyl sites for hydroxylation is 1. The molecule has 0 spiro atoms. The Bertz CT molecular complexity index is 885. The van der Waals surface area contributed by atoms with Crippen LogP contribution in [-0.2, 0) is 10.5 Å². The minimum Gasteiger partial charge on any atom is -0.320 e. The van der Waals surface area contributed by atoms with Gasteiger partial charge in [0.15, 0.2) is 0 Å². The maximum atomic E-state index is 12.2. The number of nitrogens with zero attached hydrogens (tertiary/aromatic N) is 1. The van der Waals surface area contributed by atoms with Gasteiger partial charge in [0.25, 0.3) is 0 Å². The Morgan fingerprint density at radius 3 is 2.68 bits per heavy atom. The highest BCUT2D eigenvalue weighted by Crippen LogP contribution is 2.38. The fourth-order valence-electron chi connectivity index (χ4n) is 2.94. The molecule has 0 aliphatic carbocycles. The number of thioether (sulfide) groups is 1. The van der Waals surface area contributed by atoms with Gasteiger partial charge in [0, 0.05) is 23.1 Å². The summed E-state index contributed by atoms with van der Waals surface area (Å²) in [5.74, 6) is 0.337. The molecule has 2 aromatic carbocycles. The highest BCUT2D eigenvalue weighted by molar-refractivity contribution is 8.02. The quantitative estimate of drug-likeness (QED) is 0.833. The first-order valence-electron chi connectivity index (χ1n) is 7.96. The van der Waals surface area contributed by atoms with Crippen molar-refractivity contribution in [2.75, 3.05) is 0 Å². The van der Waals surface area contributed by atoms with E-state index >= 15 is 0 Å². The molecule has 3 nitrogen and oxygen atoms in total. The summed E-state index contributed by atoms with van der Waals surface area (Å²) >= 11 is 7.65. The molecule has 0 saturated carbocycles. The second-order valence-electron chi connectivity index (χ2n) is 5.90. The van der Waals surface area contributed by atoms with Crippen molar-refractivity contribution in [3.63, 3.8) is 0 Å². The van der Waals surface area contributed by atoms with E-state index in [2.05, 4.69) is 11.4 Å². The summed E-state index contributed by atoms with van der Waals surface area (Å²) in [4.78, 5) is 12.2. The first-order valence-corrected chi connectivity index (χ1v) is 9.32. The van der Waals surface area contributed by atoms with Crippen molar-refractivity contribution in [1.29, 1.82) is 5.26 Å². The molecule has 1 atom stereocenters. The van der Waals surface area contributed by atoms with E-state index < -0.39 is 0 Å². The van der Waals surface area contributed by atoms with Gasteiger partial charge >= 0.3 is 0 Å². The summed E-state index contributed by atoms with van der Waals surface area (Å²) in [5.41, 5.74) is 3.72. The van der Waals surface area contributed by atoms with Crippen LogP contribution in [0, 0.1) is 18.3 Å². The van der Waals surface area contributed by atoms with Crippen LogP contribution in [-0.4, -0.2) is 5.91 Å². The van der Waals surface area contributed by atoms with E-state index in [0.717, 1.165) is 16.7 Å². The SMILES string of the molecule is Cc1ccccc1C1CC(=O)NC(SCc2ccccc2Cl)=C1C#N. The van der Waals surface area contributed by atoms with E-state index in [1.807, 2.05) is 55.5 Å². The van der Waals surface area contributed by atoms with Crippen LogP contribution in [0.25, 0.3) is 0 Å². The summed E-state index contributed by atoms with van der Waals surface area (Å²) < 4.78 is 0. The van der Waals surface area contributed by atoms with Gasteiger partial charge in [-0.3, -0.25) is 4.79 Å². The van der Waals surface area contributed by atoms with Crippen LogP contribution < -0.4 is 5.32 Å². The summed E-state index contributed by atoms with van der Waals surface area (Å²) in [6.07, 6.45) is 0.296. The average Bonchev–Trinajstić information content (AvgIpc) is 2.61. The van der Waals surface area contributed by atoms with Crippen LogP contribution in [0.2, 0.25) is 5.02 Å². The van der Waals surface area contributed by atoms with Crippen molar-refractivity contribution in [3.8, 4) is 6.07 Å². The highest BCUT2D eigenvalue weighted by atomic mass is 35.5. The van der Waals surface area contributed by atoms with E-state index in [1.54, 1.807) is 0 Å². The van der Waals surface area contributed by atoms with E-state index in [0.29, 0.717) is 27.8 Å². The Morgan fingerprint density at radius 1 is 1.24 bits per heavy atom. The van der Waals surface area contributed by atoms with Gasteiger partial charge in [-0.2, -0.15) is 5.26 Å². The molecule has 126 valence electrons. The monoisotopic (exact) mass is 368 g/mol. The number of benzene rings is 2. The van der Waals surface area contributed by atoms with Crippen LogP contribution in [0.15, 0.2) is 59.1 Å². The predicted octanol–water partition coefficient (Wildman–Crippen LogP) is 4.92. The molecular weight excluding hydrogens is 352 g/mol. The number of nitriles is 1. The van der Waals surface area contributed by atoms with Crippen LogP contribution in [0.3, 0.4) is 0 Å². The molecule has 5 heteroatoms. The van der Waals surface area contributed by atoms with E-state index in [-0.39, 0.29) is 11.8 Å². The van der Waals surface area contributed by atoms with E-state index in [9.17, 15) is 10.1 Å². The zero-order valence-electron chi connectivity index (χ0n) is 13.8. The van der Waals surface area contributed by atoms with Crippen LogP contribution >= 0.6 is 23.4 Å². The molecule has 0 saturated heterocycles. The fraction of sp³-hybridized carbons (Fsp3) is 0.200. The Kier molecular flexibility index (Phi) is 5.47. The van der Waals surface area contributed by atoms with Gasteiger partial charge in [-0.25, -0.2) is 0 Å². The van der Waals surface area contributed by atoms with Crippen LogP contribution in [0.4, 0.5) is 0 Å². The molecule has 1 unspecified atom stereocenters. The topological polar surface area (TPSA) is 52.9 Å². The zero-order valence-corrected chi connectivity index (χ0v) is 15.3. The molecule has 25 heavy (non-hydrogen) atoms. The number of halogens is 1. The van der Waals surface area contributed by atoms with Gasteiger partial charge in [0.2, 0.25) is 5.91 Å². The summed E-state index contributed by atoms with van der Waals surface area (Å²) in [6, 6.07) is 17.8. The number of hydrogen-bond donors (Lipinski definition) is 1. The predicted molar refractivity (Wildman–Crippen MR) is 102 cm³/mol. The van der Waals surface area contributed by atoms with Crippen LogP contribution in [0.1, 0.15) is 29.0 Å². The Hall–Kier alpha value is -2.22. The molecule has 0 fully saturated rings. The molecule has 1 aliphatic rings. The summed E-state index contributed by atoms with van der Waals surface area (Å²) in [6.45, 7) is 2.01. The Labute approximate surface area is 156 Å². The molecule has 0 bridgehead atoms. The summed E-state index contributed by atoms with van der Waals surface area (Å²) in [5, 5.41) is 13.9. The molecule has 1 heterocycles. The van der Waals surface area contributed by atoms with Gasteiger partial charge in [0.05, 0.1) is 16.7 Å². The first kappa shape index (κ1) is 17.6. The lowest BCUT2D eigenvalue weighted by atomic mass is 9.85. The number of nitrogens with one attached hydrogen (secondary N) is 1. The van der Waals surface area contributed by atoms with Gasteiger partial charge in [-0.15, -0.1) is 11.8 Å². The minimum absolute atomic E-state index is 0.0612. The molecular formula is C20H17ClN2OS. The van der Waals surface area contributed by atoms with Gasteiger partial charge in [0.1, 0.15) is 0 Å². The van der Waals surface area contributed by atoms with Crippen molar-refractivity contribution < 1.29 is 4.79 Å². The van der Waals surface area contributed by atoms with Crippen molar-refractivity contribution in [2.45, 2.75) is 25.0 Å². The number of amides is 1.